The standard InChI is InChI=1S/C23H36N2O4/c1-5-23(4)18(16-7-6-15(2)10-22(3,29)11-16)8-9-19(23)20(26)14-25-13-17(12-24-25)21(27)28/h12-13,15-16,18-19,29H,5-11,14H2,1-4H3,(H,27,28)/t15-,16?,18-,19+,22-,23-/m0/s1. The highest BCUT2D eigenvalue weighted by molar-refractivity contribution is 5.87. The van der Waals surface area contributed by atoms with Gasteiger partial charge in [-0.2, -0.15) is 5.10 Å². The van der Waals surface area contributed by atoms with Crippen molar-refractivity contribution < 1.29 is 19.8 Å². The highest BCUT2D eigenvalue weighted by atomic mass is 16.4. The zero-order chi connectivity index (χ0) is 21.4. The number of aromatic carboxylic acids is 1. The first-order valence-electron chi connectivity index (χ1n) is 11.1. The number of aromatic nitrogens is 2. The topological polar surface area (TPSA) is 92.4 Å². The van der Waals surface area contributed by atoms with Crippen molar-refractivity contribution in [3.63, 3.8) is 0 Å². The summed E-state index contributed by atoms with van der Waals surface area (Å²) in [6, 6.07) is 0. The van der Waals surface area contributed by atoms with Gasteiger partial charge in [0.25, 0.3) is 0 Å². The summed E-state index contributed by atoms with van der Waals surface area (Å²) in [5.74, 6) is 0.486. The van der Waals surface area contributed by atoms with E-state index in [0.717, 1.165) is 44.9 Å². The minimum absolute atomic E-state index is 0.0411. The lowest BCUT2D eigenvalue weighted by Crippen LogP contribution is -2.39. The molecule has 1 unspecified atom stereocenters. The molecule has 1 heterocycles. The average molecular weight is 405 g/mol. The summed E-state index contributed by atoms with van der Waals surface area (Å²) < 4.78 is 1.45. The molecule has 2 fully saturated rings. The zero-order valence-electron chi connectivity index (χ0n) is 18.2. The molecule has 0 aromatic carbocycles. The molecule has 6 heteroatoms. The van der Waals surface area contributed by atoms with Crippen LogP contribution in [0.3, 0.4) is 0 Å². The molecule has 2 aliphatic carbocycles. The molecule has 162 valence electrons. The Bertz CT molecular complexity index is 756. The normalized spacial score (nSPS) is 38.0. The maximum Gasteiger partial charge on any atom is 0.338 e. The fourth-order valence-corrected chi connectivity index (χ4v) is 6.35. The third kappa shape index (κ3) is 4.57. The van der Waals surface area contributed by atoms with Crippen LogP contribution >= 0.6 is 0 Å². The highest BCUT2D eigenvalue weighted by Gasteiger charge is 2.52. The van der Waals surface area contributed by atoms with E-state index in [1.807, 2.05) is 6.92 Å². The molecular weight excluding hydrogens is 368 g/mol. The number of carboxylic acids is 1. The number of carboxylic acid groups (broad SMARTS) is 1. The molecule has 1 aromatic rings. The number of carbonyl (C=O) groups excluding carboxylic acids is 1. The minimum Gasteiger partial charge on any atom is -0.478 e. The summed E-state index contributed by atoms with van der Waals surface area (Å²) in [7, 11) is 0. The van der Waals surface area contributed by atoms with E-state index in [9.17, 15) is 14.7 Å². The van der Waals surface area contributed by atoms with Gasteiger partial charge in [0, 0.05) is 12.1 Å². The maximum absolute atomic E-state index is 13.2. The molecule has 2 saturated carbocycles. The van der Waals surface area contributed by atoms with Gasteiger partial charge < -0.3 is 10.2 Å². The van der Waals surface area contributed by atoms with Crippen LogP contribution in [0, 0.1) is 29.1 Å². The maximum atomic E-state index is 13.2. The van der Waals surface area contributed by atoms with Crippen LogP contribution in [0.25, 0.3) is 0 Å². The number of carbonyl (C=O) groups is 2. The van der Waals surface area contributed by atoms with Crippen LogP contribution in [-0.2, 0) is 11.3 Å². The summed E-state index contributed by atoms with van der Waals surface area (Å²) >= 11 is 0. The van der Waals surface area contributed by atoms with Gasteiger partial charge in [-0.05, 0) is 68.6 Å². The van der Waals surface area contributed by atoms with E-state index in [-0.39, 0.29) is 29.2 Å². The van der Waals surface area contributed by atoms with Gasteiger partial charge in [-0.1, -0.05) is 27.2 Å². The van der Waals surface area contributed by atoms with Gasteiger partial charge in [0.15, 0.2) is 5.78 Å². The Morgan fingerprint density at radius 2 is 1.93 bits per heavy atom. The van der Waals surface area contributed by atoms with Gasteiger partial charge in [0.05, 0.1) is 23.9 Å². The largest absolute Gasteiger partial charge is 0.478 e. The Morgan fingerprint density at radius 1 is 1.21 bits per heavy atom. The second-order valence-electron chi connectivity index (χ2n) is 10.1. The molecule has 0 spiro atoms. The second kappa shape index (κ2) is 8.21. The zero-order valence-corrected chi connectivity index (χ0v) is 18.2. The number of hydrogen-bond acceptors (Lipinski definition) is 4. The Balaban J connectivity index is 1.76. The van der Waals surface area contributed by atoms with Crippen LogP contribution in [0.15, 0.2) is 12.4 Å². The van der Waals surface area contributed by atoms with Gasteiger partial charge in [-0.25, -0.2) is 4.79 Å². The predicted octanol–water partition coefficient (Wildman–Crippen LogP) is 4.17. The van der Waals surface area contributed by atoms with E-state index in [1.54, 1.807) is 0 Å². The highest BCUT2D eigenvalue weighted by Crippen LogP contribution is 2.56. The van der Waals surface area contributed by atoms with Crippen molar-refractivity contribution in [3.05, 3.63) is 18.0 Å². The van der Waals surface area contributed by atoms with Crippen molar-refractivity contribution in [2.24, 2.45) is 29.1 Å². The minimum atomic E-state index is -1.03. The second-order valence-corrected chi connectivity index (χ2v) is 10.1. The van der Waals surface area contributed by atoms with Gasteiger partial charge in [-0.3, -0.25) is 9.48 Å². The quantitative estimate of drug-likeness (QED) is 0.694. The van der Waals surface area contributed by atoms with E-state index in [4.69, 9.17) is 5.11 Å². The van der Waals surface area contributed by atoms with Crippen LogP contribution in [0.2, 0.25) is 0 Å². The van der Waals surface area contributed by atoms with Crippen molar-refractivity contribution in [2.45, 2.75) is 84.8 Å². The summed E-state index contributed by atoms with van der Waals surface area (Å²) in [4.78, 5) is 24.3. The van der Waals surface area contributed by atoms with Gasteiger partial charge in [0.1, 0.15) is 0 Å². The number of rotatable bonds is 6. The predicted molar refractivity (Wildman–Crippen MR) is 111 cm³/mol. The van der Waals surface area contributed by atoms with E-state index in [0.29, 0.717) is 17.8 Å². The van der Waals surface area contributed by atoms with E-state index < -0.39 is 11.6 Å². The summed E-state index contributed by atoms with van der Waals surface area (Å²) in [6.45, 7) is 8.75. The molecule has 6 nitrogen and oxygen atoms in total. The number of aliphatic hydroxyl groups is 1. The molecule has 0 saturated heterocycles. The Kier molecular flexibility index (Phi) is 6.23. The van der Waals surface area contributed by atoms with Crippen LogP contribution in [0.4, 0.5) is 0 Å². The Morgan fingerprint density at radius 3 is 2.55 bits per heavy atom. The van der Waals surface area contributed by atoms with Crippen molar-refractivity contribution in [1.29, 1.82) is 0 Å². The molecule has 6 atom stereocenters. The fourth-order valence-electron chi connectivity index (χ4n) is 6.35. The molecular formula is C23H36N2O4. The first-order chi connectivity index (χ1) is 13.6. The van der Waals surface area contributed by atoms with Crippen molar-refractivity contribution >= 4 is 11.8 Å². The third-order valence-electron chi connectivity index (χ3n) is 7.85. The van der Waals surface area contributed by atoms with E-state index >= 15 is 0 Å². The fraction of sp³-hybridized carbons (Fsp3) is 0.783. The van der Waals surface area contributed by atoms with Crippen LogP contribution in [0.1, 0.15) is 83.0 Å². The lowest BCUT2D eigenvalue weighted by atomic mass is 9.64. The monoisotopic (exact) mass is 404 g/mol. The number of ketones is 1. The summed E-state index contributed by atoms with van der Waals surface area (Å²) in [5.41, 5.74) is -0.608. The van der Waals surface area contributed by atoms with Crippen molar-refractivity contribution in [1.82, 2.24) is 9.78 Å². The molecule has 2 aliphatic rings. The van der Waals surface area contributed by atoms with Gasteiger partial charge in [-0.15, -0.1) is 0 Å². The van der Waals surface area contributed by atoms with E-state index in [2.05, 4.69) is 25.9 Å². The summed E-state index contributed by atoms with van der Waals surface area (Å²) in [5, 5.41) is 24.0. The van der Waals surface area contributed by atoms with Crippen molar-refractivity contribution in [3.8, 4) is 0 Å². The van der Waals surface area contributed by atoms with E-state index in [1.165, 1.54) is 17.1 Å². The molecule has 0 radical (unpaired) electrons. The first kappa shape index (κ1) is 22.0. The number of hydrogen-bond donors (Lipinski definition) is 2. The number of nitrogens with zero attached hydrogens (tertiary/aromatic N) is 2. The average Bonchev–Trinajstić information content (AvgIpc) is 3.19. The van der Waals surface area contributed by atoms with Crippen LogP contribution < -0.4 is 0 Å². The van der Waals surface area contributed by atoms with Gasteiger partial charge >= 0.3 is 5.97 Å². The van der Waals surface area contributed by atoms with Crippen LogP contribution in [0.5, 0.6) is 0 Å². The van der Waals surface area contributed by atoms with Crippen LogP contribution in [-0.4, -0.2) is 37.3 Å². The van der Waals surface area contributed by atoms with Crippen molar-refractivity contribution in [2.75, 3.05) is 0 Å². The molecule has 0 aliphatic heterocycles. The molecule has 3 rings (SSSR count). The molecule has 0 bridgehead atoms. The molecule has 2 N–H and O–H groups in total. The third-order valence-corrected chi connectivity index (χ3v) is 7.85. The molecule has 29 heavy (non-hydrogen) atoms. The Labute approximate surface area is 173 Å². The molecule has 1 aromatic heterocycles. The molecule has 0 amide bonds. The lowest BCUT2D eigenvalue weighted by molar-refractivity contribution is -0.127. The first-order valence-corrected chi connectivity index (χ1v) is 11.1. The number of Topliss-reactive ketones (excluding diaryl/α,β-unsaturated/α-hetero) is 1. The summed E-state index contributed by atoms with van der Waals surface area (Å²) in [6.07, 6.45) is 9.49. The Hall–Kier alpha value is -1.69. The lowest BCUT2D eigenvalue weighted by Gasteiger charge is -2.41. The SMILES string of the molecule is CC[C@]1(C)[C@@H](C(=O)Cn2cc(C(=O)O)cn2)CC[C@H]1C1CC[C@H](C)C[C@](C)(O)C1. The van der Waals surface area contributed by atoms with Gasteiger partial charge in [0.2, 0.25) is 0 Å². The smallest absolute Gasteiger partial charge is 0.338 e.